The Hall–Kier alpha value is -1.30. The number of carbonyl (C=O) groups is 1. The van der Waals surface area contributed by atoms with Gasteiger partial charge in [0.15, 0.2) is 5.11 Å². The zero-order chi connectivity index (χ0) is 15.9. The van der Waals surface area contributed by atoms with E-state index in [1.807, 2.05) is 0 Å². The number of hydrogen-bond acceptors (Lipinski definition) is 2. The Labute approximate surface area is 145 Å². The number of thiocarbonyl (C=S) groups is 1. The first kappa shape index (κ1) is 17.1. The van der Waals surface area contributed by atoms with Crippen LogP contribution >= 0.6 is 35.4 Å². The molecule has 1 aromatic carbocycles. The van der Waals surface area contributed by atoms with Crippen LogP contribution in [0.5, 0.6) is 0 Å². The van der Waals surface area contributed by atoms with Gasteiger partial charge in [-0.3, -0.25) is 15.6 Å². The molecule has 1 aliphatic carbocycles. The number of benzene rings is 1. The normalized spacial score (nSPS) is 15.0. The van der Waals surface area contributed by atoms with Crippen LogP contribution < -0.4 is 16.2 Å². The highest BCUT2D eigenvalue weighted by atomic mass is 35.5. The van der Waals surface area contributed by atoms with Crippen molar-refractivity contribution in [3.63, 3.8) is 0 Å². The summed E-state index contributed by atoms with van der Waals surface area (Å²) >= 11 is 17.2. The van der Waals surface area contributed by atoms with E-state index >= 15 is 0 Å². The van der Waals surface area contributed by atoms with Gasteiger partial charge in [0.25, 0.3) is 5.91 Å². The highest BCUT2D eigenvalue weighted by molar-refractivity contribution is 7.80. The molecule has 1 aromatic rings. The first-order valence-electron chi connectivity index (χ1n) is 7.05. The summed E-state index contributed by atoms with van der Waals surface area (Å²) in [5, 5.41) is 4.56. The molecule has 2 rings (SSSR count). The predicted octanol–water partition coefficient (Wildman–Crippen LogP) is 3.44. The fourth-order valence-electron chi connectivity index (χ4n) is 2.28. The molecule has 1 aliphatic rings. The van der Waals surface area contributed by atoms with Gasteiger partial charge in [0, 0.05) is 27.7 Å². The van der Waals surface area contributed by atoms with E-state index in [0.29, 0.717) is 26.8 Å². The van der Waals surface area contributed by atoms with E-state index in [-0.39, 0.29) is 5.91 Å². The van der Waals surface area contributed by atoms with E-state index in [1.165, 1.54) is 18.9 Å². The molecule has 0 bridgehead atoms. The molecule has 0 aliphatic heterocycles. The van der Waals surface area contributed by atoms with E-state index in [4.69, 9.17) is 35.4 Å². The quantitative estimate of drug-likeness (QED) is 0.440. The van der Waals surface area contributed by atoms with Crippen LogP contribution in [0.1, 0.15) is 31.2 Å². The minimum Gasteiger partial charge on any atom is -0.359 e. The molecule has 22 heavy (non-hydrogen) atoms. The number of hydrogen-bond donors (Lipinski definition) is 3. The number of amides is 1. The van der Waals surface area contributed by atoms with Gasteiger partial charge in [-0.25, -0.2) is 0 Å². The van der Waals surface area contributed by atoms with Crippen LogP contribution in [0.2, 0.25) is 10.0 Å². The van der Waals surface area contributed by atoms with Crippen LogP contribution in [-0.4, -0.2) is 17.1 Å². The Morgan fingerprint density at radius 3 is 2.45 bits per heavy atom. The van der Waals surface area contributed by atoms with Crippen LogP contribution in [0, 0.1) is 0 Å². The third-order valence-corrected chi connectivity index (χ3v) is 4.27. The summed E-state index contributed by atoms with van der Waals surface area (Å²) in [5.74, 6) is -0.341. The van der Waals surface area contributed by atoms with Gasteiger partial charge in [0.05, 0.1) is 0 Å². The summed E-state index contributed by atoms with van der Waals surface area (Å²) in [6.45, 7) is 0. The summed E-state index contributed by atoms with van der Waals surface area (Å²) in [5.41, 5.74) is 5.78. The summed E-state index contributed by atoms with van der Waals surface area (Å²) in [6.07, 6.45) is 7.57. The lowest BCUT2D eigenvalue weighted by molar-refractivity contribution is -0.116. The fourth-order valence-corrected chi connectivity index (χ4v) is 3.02. The SMILES string of the molecule is O=C(/C=C/c1c(Cl)cccc1Cl)NNC(=S)NC1CCCC1. The number of halogens is 2. The molecule has 0 radical (unpaired) electrons. The Balaban J connectivity index is 1.80. The van der Waals surface area contributed by atoms with Gasteiger partial charge in [-0.1, -0.05) is 42.1 Å². The molecular formula is C15H17Cl2N3OS. The highest BCUT2D eigenvalue weighted by Gasteiger charge is 2.15. The van der Waals surface area contributed by atoms with Crippen molar-refractivity contribution in [2.24, 2.45) is 0 Å². The molecule has 0 unspecified atom stereocenters. The average molecular weight is 358 g/mol. The van der Waals surface area contributed by atoms with Gasteiger partial charge in [0.1, 0.15) is 0 Å². The summed E-state index contributed by atoms with van der Waals surface area (Å²) in [7, 11) is 0. The highest BCUT2D eigenvalue weighted by Crippen LogP contribution is 2.25. The molecule has 1 amide bonds. The third-order valence-electron chi connectivity index (χ3n) is 3.39. The fraction of sp³-hybridized carbons (Fsp3) is 0.333. The lowest BCUT2D eigenvalue weighted by Gasteiger charge is -2.15. The van der Waals surface area contributed by atoms with Crippen molar-refractivity contribution >= 4 is 52.5 Å². The largest absolute Gasteiger partial charge is 0.359 e. The van der Waals surface area contributed by atoms with Crippen LogP contribution in [0.25, 0.3) is 6.08 Å². The van der Waals surface area contributed by atoms with Gasteiger partial charge in [-0.2, -0.15) is 0 Å². The number of rotatable bonds is 3. The minimum atomic E-state index is -0.341. The van der Waals surface area contributed by atoms with Gasteiger partial charge < -0.3 is 5.32 Å². The van der Waals surface area contributed by atoms with E-state index < -0.39 is 0 Å². The molecule has 3 N–H and O–H groups in total. The molecule has 1 saturated carbocycles. The smallest absolute Gasteiger partial charge is 0.262 e. The molecule has 0 atom stereocenters. The molecule has 0 aromatic heterocycles. The van der Waals surface area contributed by atoms with E-state index in [1.54, 1.807) is 24.3 Å². The Morgan fingerprint density at radius 1 is 1.18 bits per heavy atom. The first-order valence-corrected chi connectivity index (χ1v) is 8.21. The first-order chi connectivity index (χ1) is 10.6. The molecular weight excluding hydrogens is 341 g/mol. The van der Waals surface area contributed by atoms with Gasteiger partial charge in [-0.05, 0) is 43.3 Å². The second-order valence-electron chi connectivity index (χ2n) is 5.04. The summed E-state index contributed by atoms with van der Waals surface area (Å²) in [4.78, 5) is 11.7. The number of nitrogens with one attached hydrogen (secondary N) is 3. The van der Waals surface area contributed by atoms with Crippen molar-refractivity contribution in [1.82, 2.24) is 16.2 Å². The monoisotopic (exact) mass is 357 g/mol. The standard InChI is InChI=1S/C15H17Cl2N3OS/c16-12-6-3-7-13(17)11(12)8-9-14(21)19-20-15(22)18-10-4-1-2-5-10/h3,6-10H,1-2,4-5H2,(H,19,21)(H2,18,20,22)/b9-8+. The van der Waals surface area contributed by atoms with Crippen molar-refractivity contribution in [2.75, 3.05) is 0 Å². The molecule has 1 fully saturated rings. The van der Waals surface area contributed by atoms with Crippen LogP contribution in [0.4, 0.5) is 0 Å². The zero-order valence-electron chi connectivity index (χ0n) is 11.9. The maximum atomic E-state index is 11.7. The van der Waals surface area contributed by atoms with Crippen LogP contribution in [0.3, 0.4) is 0 Å². The molecule has 7 heteroatoms. The molecule has 118 valence electrons. The minimum absolute atomic E-state index is 0.341. The molecule has 0 saturated heterocycles. The Morgan fingerprint density at radius 2 is 1.82 bits per heavy atom. The summed E-state index contributed by atoms with van der Waals surface area (Å²) < 4.78 is 0. The Kier molecular flexibility index (Phi) is 6.49. The van der Waals surface area contributed by atoms with Crippen molar-refractivity contribution in [3.05, 3.63) is 39.9 Å². The van der Waals surface area contributed by atoms with E-state index in [9.17, 15) is 4.79 Å². The van der Waals surface area contributed by atoms with E-state index in [0.717, 1.165) is 12.8 Å². The van der Waals surface area contributed by atoms with Crippen molar-refractivity contribution < 1.29 is 4.79 Å². The number of hydrazine groups is 1. The lowest BCUT2D eigenvalue weighted by Crippen LogP contribution is -2.48. The van der Waals surface area contributed by atoms with Gasteiger partial charge in [0.2, 0.25) is 0 Å². The second-order valence-corrected chi connectivity index (χ2v) is 6.26. The zero-order valence-corrected chi connectivity index (χ0v) is 14.2. The summed E-state index contributed by atoms with van der Waals surface area (Å²) in [6, 6.07) is 5.57. The van der Waals surface area contributed by atoms with Crippen molar-refractivity contribution in [2.45, 2.75) is 31.7 Å². The topological polar surface area (TPSA) is 53.2 Å². The number of carbonyl (C=O) groups excluding carboxylic acids is 1. The second kappa shape index (κ2) is 8.36. The van der Waals surface area contributed by atoms with Crippen LogP contribution in [0.15, 0.2) is 24.3 Å². The maximum Gasteiger partial charge on any atom is 0.262 e. The molecule has 4 nitrogen and oxygen atoms in total. The van der Waals surface area contributed by atoms with Crippen molar-refractivity contribution in [1.29, 1.82) is 0 Å². The van der Waals surface area contributed by atoms with Gasteiger partial charge in [-0.15, -0.1) is 0 Å². The van der Waals surface area contributed by atoms with Crippen molar-refractivity contribution in [3.8, 4) is 0 Å². The Bertz CT molecular complexity index is 566. The van der Waals surface area contributed by atoms with E-state index in [2.05, 4.69) is 16.2 Å². The molecule has 0 spiro atoms. The third kappa shape index (κ3) is 5.16. The lowest BCUT2D eigenvalue weighted by atomic mass is 10.2. The predicted molar refractivity (Wildman–Crippen MR) is 94.8 cm³/mol. The van der Waals surface area contributed by atoms with Gasteiger partial charge >= 0.3 is 0 Å². The van der Waals surface area contributed by atoms with Crippen LogP contribution in [-0.2, 0) is 4.79 Å². The molecule has 0 heterocycles. The average Bonchev–Trinajstić information content (AvgIpc) is 2.97. The maximum absolute atomic E-state index is 11.7.